The minimum atomic E-state index is 0.674. The van der Waals surface area contributed by atoms with Crippen LogP contribution in [0.5, 0.6) is 5.75 Å². The van der Waals surface area contributed by atoms with Crippen LogP contribution in [0.1, 0.15) is 11.8 Å². The number of methoxy groups -OCH3 is 1. The van der Waals surface area contributed by atoms with Crippen LogP contribution < -0.4 is 15.4 Å². The fraction of sp³-hybridized carbons (Fsp3) is 0.476. The van der Waals surface area contributed by atoms with Gasteiger partial charge in [0.2, 0.25) is 0 Å². The number of hydrogen-bond acceptors (Lipinski definition) is 5. The van der Waals surface area contributed by atoms with E-state index in [1.54, 1.807) is 18.4 Å². The number of thiophene rings is 1. The molecule has 1 aromatic heterocycles. The van der Waals surface area contributed by atoms with E-state index in [0.717, 1.165) is 57.6 Å². The Kier molecular flexibility index (Phi) is 8.14. The fourth-order valence-electron chi connectivity index (χ4n) is 3.05. The zero-order chi connectivity index (χ0) is 19.6. The van der Waals surface area contributed by atoms with Gasteiger partial charge in [-0.05, 0) is 41.6 Å². The van der Waals surface area contributed by atoms with Crippen molar-refractivity contribution in [2.24, 2.45) is 4.99 Å². The topological polar surface area (TPSA) is 58.1 Å². The van der Waals surface area contributed by atoms with Gasteiger partial charge in [0.1, 0.15) is 5.75 Å². The minimum Gasteiger partial charge on any atom is -0.497 e. The lowest BCUT2D eigenvalue weighted by molar-refractivity contribution is 0.0389. The first-order valence-corrected chi connectivity index (χ1v) is 10.7. The second-order valence-electron chi connectivity index (χ2n) is 6.61. The van der Waals surface area contributed by atoms with E-state index >= 15 is 0 Å². The third-order valence-corrected chi connectivity index (χ3v) is 5.56. The van der Waals surface area contributed by atoms with Gasteiger partial charge in [-0.15, -0.1) is 11.3 Å². The molecule has 1 aliphatic rings. The molecule has 1 saturated heterocycles. The van der Waals surface area contributed by atoms with Crippen molar-refractivity contribution in [1.82, 2.24) is 15.5 Å². The number of guanidine groups is 1. The molecule has 0 bridgehead atoms. The summed E-state index contributed by atoms with van der Waals surface area (Å²) >= 11 is 1.74. The van der Waals surface area contributed by atoms with Crippen LogP contribution in [0.2, 0.25) is 0 Å². The zero-order valence-corrected chi connectivity index (χ0v) is 17.6. The molecule has 0 aliphatic carbocycles. The Morgan fingerprint density at radius 1 is 1.18 bits per heavy atom. The quantitative estimate of drug-likeness (QED) is 0.525. The Morgan fingerprint density at radius 3 is 2.68 bits per heavy atom. The third-order valence-electron chi connectivity index (χ3n) is 4.64. The van der Waals surface area contributed by atoms with Crippen molar-refractivity contribution in [3.63, 3.8) is 0 Å². The Morgan fingerprint density at radius 2 is 1.96 bits per heavy atom. The molecule has 3 rings (SSSR count). The molecule has 0 saturated carbocycles. The lowest BCUT2D eigenvalue weighted by Crippen LogP contribution is -2.44. The molecule has 0 atom stereocenters. The summed E-state index contributed by atoms with van der Waals surface area (Å²) in [7, 11) is 1.69. The standard InChI is InChI=1S/C21H30N4O2S/c1-3-22-21(23-8-9-25-10-12-27-13-11-25)24-15-20-14-18(16-28-20)17-4-6-19(26-2)7-5-17/h4-7,14,16H,3,8-13,15H2,1-2H3,(H2,22,23,24). The Hall–Kier alpha value is -2.09. The maximum absolute atomic E-state index is 5.40. The highest BCUT2D eigenvalue weighted by Crippen LogP contribution is 2.27. The van der Waals surface area contributed by atoms with Gasteiger partial charge in [0.05, 0.1) is 26.9 Å². The first kappa shape index (κ1) is 20.6. The summed E-state index contributed by atoms with van der Waals surface area (Å²) in [5.74, 6) is 1.75. The van der Waals surface area contributed by atoms with Crippen molar-refractivity contribution < 1.29 is 9.47 Å². The highest BCUT2D eigenvalue weighted by atomic mass is 32.1. The van der Waals surface area contributed by atoms with E-state index in [0.29, 0.717) is 6.54 Å². The molecule has 0 spiro atoms. The van der Waals surface area contributed by atoms with Crippen molar-refractivity contribution in [2.45, 2.75) is 13.5 Å². The molecule has 0 amide bonds. The molecular weight excluding hydrogens is 372 g/mol. The summed E-state index contributed by atoms with van der Waals surface area (Å²) in [6, 6.07) is 10.4. The summed E-state index contributed by atoms with van der Waals surface area (Å²) in [5, 5.41) is 8.95. The smallest absolute Gasteiger partial charge is 0.191 e. The SMILES string of the molecule is CCNC(=NCc1cc(-c2ccc(OC)cc2)cs1)NCCN1CCOCC1. The molecule has 28 heavy (non-hydrogen) atoms. The lowest BCUT2D eigenvalue weighted by Gasteiger charge is -2.26. The molecule has 7 heteroatoms. The second-order valence-corrected chi connectivity index (χ2v) is 7.60. The van der Waals surface area contributed by atoms with Gasteiger partial charge in [-0.1, -0.05) is 12.1 Å². The second kappa shape index (κ2) is 11.0. The molecule has 0 unspecified atom stereocenters. The summed E-state index contributed by atoms with van der Waals surface area (Å²) in [6.07, 6.45) is 0. The molecule has 0 radical (unpaired) electrons. The average Bonchev–Trinajstić information content (AvgIpc) is 3.22. The first-order valence-electron chi connectivity index (χ1n) is 9.82. The maximum atomic E-state index is 5.40. The molecule has 2 heterocycles. The van der Waals surface area contributed by atoms with E-state index < -0.39 is 0 Å². The van der Waals surface area contributed by atoms with E-state index in [-0.39, 0.29) is 0 Å². The number of nitrogens with one attached hydrogen (secondary N) is 2. The van der Waals surface area contributed by atoms with Crippen molar-refractivity contribution >= 4 is 17.3 Å². The zero-order valence-electron chi connectivity index (χ0n) is 16.7. The Labute approximate surface area is 171 Å². The highest BCUT2D eigenvalue weighted by Gasteiger charge is 2.09. The van der Waals surface area contributed by atoms with E-state index in [9.17, 15) is 0 Å². The van der Waals surface area contributed by atoms with Gasteiger partial charge < -0.3 is 20.1 Å². The summed E-state index contributed by atoms with van der Waals surface area (Å²) in [4.78, 5) is 8.41. The molecule has 1 fully saturated rings. The van der Waals surface area contributed by atoms with Gasteiger partial charge in [0, 0.05) is 37.6 Å². The van der Waals surface area contributed by atoms with Gasteiger partial charge in [0.25, 0.3) is 0 Å². The number of aliphatic imine (C=N–C) groups is 1. The van der Waals surface area contributed by atoms with Crippen LogP contribution >= 0.6 is 11.3 Å². The molecule has 6 nitrogen and oxygen atoms in total. The van der Waals surface area contributed by atoms with Crippen LogP contribution in [-0.4, -0.2) is 63.9 Å². The van der Waals surface area contributed by atoms with Gasteiger partial charge in [-0.3, -0.25) is 4.90 Å². The monoisotopic (exact) mass is 402 g/mol. The molecule has 1 aliphatic heterocycles. The van der Waals surface area contributed by atoms with Gasteiger partial charge in [-0.25, -0.2) is 4.99 Å². The Bertz CT molecular complexity index is 739. The van der Waals surface area contributed by atoms with Crippen molar-refractivity contribution in [3.8, 4) is 16.9 Å². The number of morpholine rings is 1. The van der Waals surface area contributed by atoms with E-state index in [4.69, 9.17) is 14.5 Å². The molecule has 2 aromatic rings. The summed E-state index contributed by atoms with van der Waals surface area (Å²) < 4.78 is 10.6. The molecule has 1 aromatic carbocycles. The summed E-state index contributed by atoms with van der Waals surface area (Å²) in [5.41, 5.74) is 2.42. The van der Waals surface area contributed by atoms with Crippen LogP contribution in [0.3, 0.4) is 0 Å². The average molecular weight is 403 g/mol. The lowest BCUT2D eigenvalue weighted by atomic mass is 10.1. The Balaban J connectivity index is 1.52. The van der Waals surface area contributed by atoms with Crippen molar-refractivity contribution in [3.05, 3.63) is 40.6 Å². The number of rotatable bonds is 8. The van der Waals surface area contributed by atoms with Crippen LogP contribution in [-0.2, 0) is 11.3 Å². The largest absolute Gasteiger partial charge is 0.497 e. The summed E-state index contributed by atoms with van der Waals surface area (Å²) in [6.45, 7) is 9.20. The van der Waals surface area contributed by atoms with Crippen LogP contribution in [0.4, 0.5) is 0 Å². The normalized spacial score (nSPS) is 15.4. The van der Waals surface area contributed by atoms with Gasteiger partial charge in [0.15, 0.2) is 5.96 Å². The predicted molar refractivity (Wildman–Crippen MR) is 116 cm³/mol. The van der Waals surface area contributed by atoms with Crippen LogP contribution in [0.15, 0.2) is 40.7 Å². The number of nitrogens with zero attached hydrogens (tertiary/aromatic N) is 2. The maximum Gasteiger partial charge on any atom is 0.191 e. The fourth-order valence-corrected chi connectivity index (χ4v) is 3.87. The number of hydrogen-bond donors (Lipinski definition) is 2. The van der Waals surface area contributed by atoms with Crippen molar-refractivity contribution in [1.29, 1.82) is 0 Å². The third kappa shape index (κ3) is 6.22. The van der Waals surface area contributed by atoms with Gasteiger partial charge in [-0.2, -0.15) is 0 Å². The first-order chi connectivity index (χ1) is 13.8. The molecule has 152 valence electrons. The molecule has 2 N–H and O–H groups in total. The highest BCUT2D eigenvalue weighted by molar-refractivity contribution is 7.10. The number of benzene rings is 1. The minimum absolute atomic E-state index is 0.674. The van der Waals surface area contributed by atoms with E-state index in [1.165, 1.54) is 16.0 Å². The van der Waals surface area contributed by atoms with Crippen molar-refractivity contribution in [2.75, 3.05) is 53.0 Å². The number of ether oxygens (including phenoxy) is 2. The van der Waals surface area contributed by atoms with E-state index in [1.807, 2.05) is 12.1 Å². The van der Waals surface area contributed by atoms with Crippen LogP contribution in [0.25, 0.3) is 11.1 Å². The molecular formula is C21H30N4O2S. The predicted octanol–water partition coefficient (Wildman–Crippen LogP) is 2.81. The van der Waals surface area contributed by atoms with Gasteiger partial charge >= 0.3 is 0 Å². The van der Waals surface area contributed by atoms with E-state index in [2.05, 4.69) is 46.0 Å². The van der Waals surface area contributed by atoms with Crippen LogP contribution in [0, 0.1) is 0 Å².